The molecule has 3 aromatic heterocycles. The van der Waals surface area contributed by atoms with Crippen LogP contribution in [0.15, 0.2) is 16.0 Å². The molecule has 0 amide bonds. The monoisotopic (exact) mass is 277 g/mol. The van der Waals surface area contributed by atoms with Gasteiger partial charge in [-0.05, 0) is 24.3 Å². The minimum Gasteiger partial charge on any atom is -0.332 e. The van der Waals surface area contributed by atoms with Crippen LogP contribution in [-0.2, 0) is 0 Å². The van der Waals surface area contributed by atoms with Crippen molar-refractivity contribution in [2.24, 2.45) is 0 Å². The highest BCUT2D eigenvalue weighted by atomic mass is 32.1. The highest BCUT2D eigenvalue weighted by molar-refractivity contribution is 7.13. The first kappa shape index (κ1) is 10.8. The molecule has 0 bridgehead atoms. The second-order valence-electron chi connectivity index (χ2n) is 4.34. The van der Waals surface area contributed by atoms with Crippen molar-refractivity contribution in [3.05, 3.63) is 23.1 Å². The summed E-state index contributed by atoms with van der Waals surface area (Å²) in [4.78, 5) is 8.77. The van der Waals surface area contributed by atoms with Crippen LogP contribution in [0.5, 0.6) is 0 Å². The van der Waals surface area contributed by atoms with E-state index in [1.54, 1.807) is 5.38 Å². The number of halogens is 1. The SMILES string of the molecule is Fc1ccsc1-c1nc(-c2n[nH]c(C3CC3)n2)no1. The van der Waals surface area contributed by atoms with E-state index in [4.69, 9.17) is 4.52 Å². The van der Waals surface area contributed by atoms with Crippen LogP contribution in [0.2, 0.25) is 0 Å². The lowest BCUT2D eigenvalue weighted by Gasteiger charge is -1.85. The fourth-order valence-corrected chi connectivity index (χ4v) is 2.45. The number of aromatic amines is 1. The van der Waals surface area contributed by atoms with E-state index < -0.39 is 0 Å². The van der Waals surface area contributed by atoms with Crippen LogP contribution in [-0.4, -0.2) is 25.3 Å². The van der Waals surface area contributed by atoms with Gasteiger partial charge in [0.15, 0.2) is 0 Å². The van der Waals surface area contributed by atoms with E-state index in [0.717, 1.165) is 18.7 Å². The van der Waals surface area contributed by atoms with Gasteiger partial charge >= 0.3 is 0 Å². The highest BCUT2D eigenvalue weighted by Gasteiger charge is 2.28. The summed E-state index contributed by atoms with van der Waals surface area (Å²) < 4.78 is 18.5. The first-order valence-electron chi connectivity index (χ1n) is 5.81. The molecule has 1 fully saturated rings. The zero-order chi connectivity index (χ0) is 12.8. The molecule has 0 radical (unpaired) electrons. The minimum atomic E-state index is -0.367. The topological polar surface area (TPSA) is 80.5 Å². The molecule has 3 aromatic rings. The van der Waals surface area contributed by atoms with Gasteiger partial charge in [-0.15, -0.1) is 16.4 Å². The number of rotatable bonds is 3. The van der Waals surface area contributed by atoms with Crippen molar-refractivity contribution in [2.75, 3.05) is 0 Å². The molecule has 0 unspecified atom stereocenters. The Balaban J connectivity index is 1.68. The Morgan fingerprint density at radius 1 is 1.32 bits per heavy atom. The molecule has 96 valence electrons. The first-order valence-corrected chi connectivity index (χ1v) is 6.69. The lowest BCUT2D eigenvalue weighted by molar-refractivity contribution is 0.430. The van der Waals surface area contributed by atoms with Gasteiger partial charge in [0.2, 0.25) is 11.6 Å². The molecule has 1 saturated carbocycles. The maximum atomic E-state index is 13.4. The van der Waals surface area contributed by atoms with Gasteiger partial charge in [0.1, 0.15) is 16.5 Å². The van der Waals surface area contributed by atoms with Crippen LogP contribution in [0.4, 0.5) is 4.39 Å². The number of H-pyrrole nitrogens is 1. The normalized spacial score (nSPS) is 15.0. The molecule has 1 N–H and O–H groups in total. The molecule has 6 nitrogen and oxygen atoms in total. The van der Waals surface area contributed by atoms with Crippen molar-refractivity contribution in [1.82, 2.24) is 25.3 Å². The van der Waals surface area contributed by atoms with E-state index in [1.165, 1.54) is 17.4 Å². The second kappa shape index (κ2) is 3.95. The van der Waals surface area contributed by atoms with Crippen molar-refractivity contribution in [1.29, 1.82) is 0 Å². The summed E-state index contributed by atoms with van der Waals surface area (Å²) in [5.74, 6) is 1.76. The van der Waals surface area contributed by atoms with Gasteiger partial charge in [0, 0.05) is 5.92 Å². The number of nitrogens with zero attached hydrogens (tertiary/aromatic N) is 4. The van der Waals surface area contributed by atoms with Gasteiger partial charge in [-0.25, -0.2) is 9.37 Å². The number of hydrogen-bond acceptors (Lipinski definition) is 6. The van der Waals surface area contributed by atoms with Gasteiger partial charge in [-0.2, -0.15) is 4.98 Å². The predicted octanol–water partition coefficient (Wildman–Crippen LogP) is 2.60. The Morgan fingerprint density at radius 2 is 2.21 bits per heavy atom. The second-order valence-corrected chi connectivity index (χ2v) is 5.26. The Labute approximate surface area is 110 Å². The predicted molar refractivity (Wildman–Crippen MR) is 64.9 cm³/mol. The van der Waals surface area contributed by atoms with E-state index in [-0.39, 0.29) is 17.5 Å². The molecule has 8 heteroatoms. The number of hydrogen-bond donors (Lipinski definition) is 1. The van der Waals surface area contributed by atoms with Gasteiger partial charge in [0.05, 0.1) is 0 Å². The van der Waals surface area contributed by atoms with Crippen LogP contribution in [0.1, 0.15) is 24.6 Å². The highest BCUT2D eigenvalue weighted by Crippen LogP contribution is 2.38. The lowest BCUT2D eigenvalue weighted by atomic mass is 10.4. The molecular weight excluding hydrogens is 269 g/mol. The summed E-state index contributed by atoms with van der Waals surface area (Å²) in [6, 6.07) is 1.36. The van der Waals surface area contributed by atoms with Crippen molar-refractivity contribution >= 4 is 11.3 Å². The third-order valence-electron chi connectivity index (χ3n) is 2.90. The summed E-state index contributed by atoms with van der Waals surface area (Å²) in [5, 5.41) is 12.3. The van der Waals surface area contributed by atoms with Gasteiger partial charge < -0.3 is 4.52 Å². The van der Waals surface area contributed by atoms with Crippen LogP contribution < -0.4 is 0 Å². The molecule has 1 aliphatic rings. The molecule has 0 spiro atoms. The maximum Gasteiger partial charge on any atom is 0.271 e. The molecule has 0 saturated heterocycles. The molecule has 3 heterocycles. The summed E-state index contributed by atoms with van der Waals surface area (Å²) in [6.07, 6.45) is 2.26. The Morgan fingerprint density at radius 3 is 2.95 bits per heavy atom. The minimum absolute atomic E-state index is 0.153. The van der Waals surface area contributed by atoms with Crippen LogP contribution in [0, 0.1) is 5.82 Å². The molecule has 4 rings (SSSR count). The molecule has 19 heavy (non-hydrogen) atoms. The fourth-order valence-electron chi connectivity index (χ4n) is 1.77. The van der Waals surface area contributed by atoms with E-state index in [2.05, 4.69) is 25.3 Å². The van der Waals surface area contributed by atoms with Gasteiger partial charge in [-0.3, -0.25) is 5.10 Å². The maximum absolute atomic E-state index is 13.4. The zero-order valence-corrected chi connectivity index (χ0v) is 10.4. The third kappa shape index (κ3) is 1.84. The summed E-state index contributed by atoms with van der Waals surface area (Å²) in [5.41, 5.74) is 0. The summed E-state index contributed by atoms with van der Waals surface area (Å²) >= 11 is 1.21. The smallest absolute Gasteiger partial charge is 0.271 e. The average Bonchev–Trinajstić information content (AvgIpc) is 2.84. The lowest BCUT2D eigenvalue weighted by Crippen LogP contribution is -1.84. The Hall–Kier alpha value is -2.09. The molecule has 1 aliphatic carbocycles. The Kier molecular flexibility index (Phi) is 2.25. The van der Waals surface area contributed by atoms with Crippen LogP contribution >= 0.6 is 11.3 Å². The standard InChI is InChI=1S/C11H8FN5OS/c12-6-3-4-19-7(6)11-14-10(17-18-11)9-13-8(15-16-9)5-1-2-5/h3-5H,1-2H2,(H,13,15,16). The molecular formula is C11H8FN5OS. The average molecular weight is 277 g/mol. The number of aromatic nitrogens is 5. The van der Waals surface area contributed by atoms with E-state index in [0.29, 0.717) is 16.6 Å². The van der Waals surface area contributed by atoms with Gasteiger partial charge in [0.25, 0.3) is 5.89 Å². The van der Waals surface area contributed by atoms with Crippen LogP contribution in [0.3, 0.4) is 0 Å². The van der Waals surface area contributed by atoms with Crippen LogP contribution in [0.25, 0.3) is 22.4 Å². The largest absolute Gasteiger partial charge is 0.332 e. The molecule has 0 atom stereocenters. The van der Waals surface area contributed by atoms with Crippen molar-refractivity contribution in [3.8, 4) is 22.4 Å². The van der Waals surface area contributed by atoms with Crippen molar-refractivity contribution < 1.29 is 8.91 Å². The molecule has 0 aromatic carbocycles. The fraction of sp³-hybridized carbons (Fsp3) is 0.273. The third-order valence-corrected chi connectivity index (χ3v) is 3.78. The van der Waals surface area contributed by atoms with E-state index in [1.807, 2.05) is 0 Å². The van der Waals surface area contributed by atoms with E-state index >= 15 is 0 Å². The Bertz CT molecular complexity index is 729. The summed E-state index contributed by atoms with van der Waals surface area (Å²) in [6.45, 7) is 0. The van der Waals surface area contributed by atoms with Crippen molar-refractivity contribution in [2.45, 2.75) is 18.8 Å². The first-order chi connectivity index (χ1) is 9.31. The quantitative estimate of drug-likeness (QED) is 0.795. The van der Waals surface area contributed by atoms with Crippen molar-refractivity contribution in [3.63, 3.8) is 0 Å². The number of thiophene rings is 1. The zero-order valence-electron chi connectivity index (χ0n) is 9.63. The number of nitrogens with one attached hydrogen (secondary N) is 1. The molecule has 0 aliphatic heterocycles. The summed E-state index contributed by atoms with van der Waals surface area (Å²) in [7, 11) is 0. The van der Waals surface area contributed by atoms with E-state index in [9.17, 15) is 4.39 Å². The van der Waals surface area contributed by atoms with Gasteiger partial charge in [-0.1, -0.05) is 5.16 Å².